The van der Waals surface area contributed by atoms with Crippen LogP contribution in [0, 0.1) is 6.92 Å². The van der Waals surface area contributed by atoms with Crippen LogP contribution in [0.1, 0.15) is 5.56 Å². The molecular weight excluding hydrogens is 328 g/mol. The normalized spacial score (nSPS) is 10.2. The molecule has 6 nitrogen and oxygen atoms in total. The molecule has 2 aromatic carbocycles. The summed E-state index contributed by atoms with van der Waals surface area (Å²) in [6.07, 6.45) is 1.72. The molecule has 0 aliphatic heterocycles. The van der Waals surface area contributed by atoms with Crippen LogP contribution in [-0.2, 0) is 0 Å². The Labute approximate surface area is 153 Å². The molecule has 3 rings (SSSR count). The number of aromatic nitrogens is 2. The predicted octanol–water partition coefficient (Wildman–Crippen LogP) is 4.03. The fourth-order valence-electron chi connectivity index (χ4n) is 2.30. The minimum Gasteiger partial charge on any atom is -0.497 e. The van der Waals surface area contributed by atoms with Gasteiger partial charge in [-0.05, 0) is 49.4 Å². The van der Waals surface area contributed by atoms with Crippen LogP contribution >= 0.6 is 0 Å². The molecule has 134 valence electrons. The Morgan fingerprint density at radius 2 is 1.65 bits per heavy atom. The van der Waals surface area contributed by atoms with Crippen molar-refractivity contribution in [3.63, 3.8) is 0 Å². The highest BCUT2D eigenvalue weighted by molar-refractivity contribution is 5.57. The summed E-state index contributed by atoms with van der Waals surface area (Å²) in [4.78, 5) is 8.68. The first-order valence-electron chi connectivity index (χ1n) is 8.40. The van der Waals surface area contributed by atoms with Gasteiger partial charge in [0.2, 0.25) is 5.95 Å². The number of nitrogens with zero attached hydrogens (tertiary/aromatic N) is 2. The van der Waals surface area contributed by atoms with E-state index in [9.17, 15) is 0 Å². The third kappa shape index (κ3) is 5.11. The molecule has 0 unspecified atom stereocenters. The summed E-state index contributed by atoms with van der Waals surface area (Å²) in [5.74, 6) is 2.90. The SMILES string of the molecule is COc1ccc(OCCNc2nccc(Nc3ccc(C)cc3)n2)cc1. The number of nitrogens with one attached hydrogen (secondary N) is 2. The Morgan fingerprint density at radius 3 is 2.38 bits per heavy atom. The van der Waals surface area contributed by atoms with E-state index in [-0.39, 0.29) is 0 Å². The summed E-state index contributed by atoms with van der Waals surface area (Å²) in [6.45, 7) is 3.16. The van der Waals surface area contributed by atoms with Gasteiger partial charge in [-0.3, -0.25) is 0 Å². The minimum atomic E-state index is 0.505. The molecule has 0 aliphatic carbocycles. The molecule has 2 N–H and O–H groups in total. The fourth-order valence-corrected chi connectivity index (χ4v) is 2.30. The Kier molecular flexibility index (Phi) is 5.88. The van der Waals surface area contributed by atoms with Crippen molar-refractivity contribution in [2.24, 2.45) is 0 Å². The maximum Gasteiger partial charge on any atom is 0.224 e. The molecule has 6 heteroatoms. The summed E-state index contributed by atoms with van der Waals surface area (Å²) in [5.41, 5.74) is 2.21. The first kappa shape index (κ1) is 17.5. The first-order valence-corrected chi connectivity index (χ1v) is 8.40. The highest BCUT2D eigenvalue weighted by Gasteiger charge is 2.01. The van der Waals surface area contributed by atoms with Crippen LogP contribution in [0.2, 0.25) is 0 Å². The van der Waals surface area contributed by atoms with E-state index < -0.39 is 0 Å². The van der Waals surface area contributed by atoms with Gasteiger partial charge in [0.15, 0.2) is 0 Å². The van der Waals surface area contributed by atoms with Crippen molar-refractivity contribution < 1.29 is 9.47 Å². The van der Waals surface area contributed by atoms with E-state index >= 15 is 0 Å². The van der Waals surface area contributed by atoms with Crippen molar-refractivity contribution >= 4 is 17.5 Å². The van der Waals surface area contributed by atoms with E-state index in [4.69, 9.17) is 9.47 Å². The summed E-state index contributed by atoms with van der Waals surface area (Å²) in [5, 5.41) is 6.43. The van der Waals surface area contributed by atoms with Gasteiger partial charge in [0, 0.05) is 11.9 Å². The van der Waals surface area contributed by atoms with Gasteiger partial charge in [-0.2, -0.15) is 4.98 Å². The van der Waals surface area contributed by atoms with Gasteiger partial charge in [0.1, 0.15) is 23.9 Å². The van der Waals surface area contributed by atoms with Crippen LogP contribution in [-0.4, -0.2) is 30.2 Å². The average Bonchev–Trinajstić information content (AvgIpc) is 2.68. The molecule has 0 aliphatic rings. The van der Waals surface area contributed by atoms with Crippen LogP contribution < -0.4 is 20.1 Å². The van der Waals surface area contributed by atoms with Crippen molar-refractivity contribution in [1.29, 1.82) is 0 Å². The molecule has 0 amide bonds. The first-order chi connectivity index (χ1) is 12.7. The van der Waals surface area contributed by atoms with E-state index in [1.54, 1.807) is 13.3 Å². The van der Waals surface area contributed by atoms with Gasteiger partial charge in [0.25, 0.3) is 0 Å². The van der Waals surface area contributed by atoms with Gasteiger partial charge < -0.3 is 20.1 Å². The third-order valence-electron chi connectivity index (χ3n) is 3.69. The molecule has 1 aromatic heterocycles. The quantitative estimate of drug-likeness (QED) is 0.598. The zero-order valence-corrected chi connectivity index (χ0v) is 14.9. The van der Waals surface area contributed by atoms with Gasteiger partial charge in [-0.1, -0.05) is 17.7 Å². The standard InChI is InChI=1S/C20H22N4O2/c1-15-3-5-16(6-4-15)23-19-11-12-21-20(24-19)22-13-14-26-18-9-7-17(25-2)8-10-18/h3-12H,13-14H2,1-2H3,(H2,21,22,23,24). The lowest BCUT2D eigenvalue weighted by atomic mass is 10.2. The average molecular weight is 350 g/mol. The number of anilines is 3. The molecule has 0 spiro atoms. The summed E-state index contributed by atoms with van der Waals surface area (Å²) >= 11 is 0. The lowest BCUT2D eigenvalue weighted by molar-refractivity contribution is 0.331. The van der Waals surface area contributed by atoms with Gasteiger partial charge in [0.05, 0.1) is 13.7 Å². The van der Waals surface area contributed by atoms with Crippen molar-refractivity contribution in [2.45, 2.75) is 6.92 Å². The van der Waals surface area contributed by atoms with E-state index in [2.05, 4.69) is 39.7 Å². The number of ether oxygens (including phenoxy) is 2. The molecule has 0 saturated heterocycles. The molecule has 0 fully saturated rings. The number of benzene rings is 2. The zero-order valence-electron chi connectivity index (χ0n) is 14.9. The van der Waals surface area contributed by atoms with E-state index in [0.29, 0.717) is 19.1 Å². The van der Waals surface area contributed by atoms with Crippen LogP contribution in [0.3, 0.4) is 0 Å². The maximum absolute atomic E-state index is 5.68. The largest absolute Gasteiger partial charge is 0.497 e. The second kappa shape index (κ2) is 8.71. The lowest BCUT2D eigenvalue weighted by Gasteiger charge is -2.10. The molecule has 26 heavy (non-hydrogen) atoms. The molecule has 0 saturated carbocycles. The topological polar surface area (TPSA) is 68.3 Å². The Morgan fingerprint density at radius 1 is 0.923 bits per heavy atom. The summed E-state index contributed by atoms with van der Waals surface area (Å²) in [6, 6.07) is 17.5. The molecular formula is C20H22N4O2. The van der Waals surface area contributed by atoms with Crippen LogP contribution in [0.25, 0.3) is 0 Å². The maximum atomic E-state index is 5.68. The lowest BCUT2D eigenvalue weighted by Crippen LogP contribution is -2.13. The van der Waals surface area contributed by atoms with Gasteiger partial charge in [-0.15, -0.1) is 0 Å². The predicted molar refractivity (Wildman–Crippen MR) is 103 cm³/mol. The molecule has 0 radical (unpaired) electrons. The number of hydrogen-bond donors (Lipinski definition) is 2. The number of methoxy groups -OCH3 is 1. The second-order valence-electron chi connectivity index (χ2n) is 5.71. The Balaban J connectivity index is 1.48. The van der Waals surface area contributed by atoms with Crippen LogP contribution in [0.5, 0.6) is 11.5 Å². The molecule has 1 heterocycles. The number of rotatable bonds is 8. The Hall–Kier alpha value is -3.28. The van der Waals surface area contributed by atoms with Gasteiger partial charge >= 0.3 is 0 Å². The zero-order chi connectivity index (χ0) is 18.2. The van der Waals surface area contributed by atoms with Crippen molar-refractivity contribution in [3.05, 3.63) is 66.4 Å². The number of hydrogen-bond acceptors (Lipinski definition) is 6. The van der Waals surface area contributed by atoms with Gasteiger partial charge in [-0.25, -0.2) is 4.98 Å². The minimum absolute atomic E-state index is 0.505. The molecule has 0 bridgehead atoms. The fraction of sp³-hybridized carbons (Fsp3) is 0.200. The Bertz CT molecular complexity index is 820. The van der Waals surface area contributed by atoms with Crippen molar-refractivity contribution in [1.82, 2.24) is 9.97 Å². The van der Waals surface area contributed by atoms with E-state index in [1.165, 1.54) is 5.56 Å². The monoisotopic (exact) mass is 350 g/mol. The van der Waals surface area contributed by atoms with Crippen LogP contribution in [0.4, 0.5) is 17.5 Å². The second-order valence-corrected chi connectivity index (χ2v) is 5.71. The van der Waals surface area contributed by atoms with E-state index in [1.807, 2.05) is 42.5 Å². The third-order valence-corrected chi connectivity index (χ3v) is 3.69. The van der Waals surface area contributed by atoms with Crippen LogP contribution in [0.15, 0.2) is 60.8 Å². The van der Waals surface area contributed by atoms with Crippen molar-refractivity contribution in [2.75, 3.05) is 30.9 Å². The van der Waals surface area contributed by atoms with E-state index in [0.717, 1.165) is 23.0 Å². The smallest absolute Gasteiger partial charge is 0.224 e. The summed E-state index contributed by atoms with van der Waals surface area (Å²) < 4.78 is 10.8. The molecule has 3 aromatic rings. The number of aryl methyl sites for hydroxylation is 1. The highest BCUT2D eigenvalue weighted by Crippen LogP contribution is 2.17. The highest BCUT2D eigenvalue weighted by atomic mass is 16.5. The summed E-state index contributed by atoms with van der Waals surface area (Å²) in [7, 11) is 1.64. The van der Waals surface area contributed by atoms with Crippen molar-refractivity contribution in [3.8, 4) is 11.5 Å². The molecule has 0 atom stereocenters.